The van der Waals surface area contributed by atoms with Crippen LogP contribution in [-0.4, -0.2) is 11.0 Å². The summed E-state index contributed by atoms with van der Waals surface area (Å²) in [5.74, 6) is -1.80. The Kier molecular flexibility index (Phi) is 3.12. The van der Waals surface area contributed by atoms with E-state index >= 15 is 0 Å². The van der Waals surface area contributed by atoms with Crippen molar-refractivity contribution in [3.05, 3.63) is 59.2 Å². The molecule has 20 heavy (non-hydrogen) atoms. The molecule has 0 atom stereocenters. The first-order valence-corrected chi connectivity index (χ1v) is 6.79. The summed E-state index contributed by atoms with van der Waals surface area (Å²) in [4.78, 5) is 12.0. The molecule has 0 aliphatic heterocycles. The molecule has 5 heteroatoms. The smallest absolute Gasteiger partial charge is 0.262 e. The molecule has 2 N–H and O–H groups in total. The number of fused-ring (bicyclic) bond motifs is 1. The van der Waals surface area contributed by atoms with Crippen LogP contribution in [0.15, 0.2) is 47.8 Å². The minimum atomic E-state index is -0.751. The van der Waals surface area contributed by atoms with Gasteiger partial charge in [0.2, 0.25) is 0 Å². The van der Waals surface area contributed by atoms with Crippen LogP contribution in [0, 0.1) is 5.82 Å². The van der Waals surface area contributed by atoms with Crippen LogP contribution in [0.4, 0.5) is 10.1 Å². The van der Waals surface area contributed by atoms with Crippen LogP contribution in [0.5, 0.6) is 5.75 Å². The number of anilines is 1. The molecular weight excluding hydrogens is 277 g/mol. The molecule has 0 bridgehead atoms. The third-order valence-corrected chi connectivity index (χ3v) is 3.83. The fourth-order valence-corrected chi connectivity index (χ4v) is 2.75. The third kappa shape index (κ3) is 2.23. The van der Waals surface area contributed by atoms with Gasteiger partial charge in [0.05, 0.1) is 0 Å². The molecule has 0 aliphatic rings. The van der Waals surface area contributed by atoms with Gasteiger partial charge in [-0.15, -0.1) is 11.3 Å². The predicted octanol–water partition coefficient (Wildman–Crippen LogP) is 4.00. The Morgan fingerprint density at radius 1 is 1.20 bits per heavy atom. The standard InChI is InChI=1S/C15H10FNO2S/c16-11-2-1-3-12(18)14(11)15(19)17-10-4-5-13-9(8-10)6-7-20-13/h1-8,18H,(H,17,19). The summed E-state index contributed by atoms with van der Waals surface area (Å²) in [6.45, 7) is 0. The van der Waals surface area contributed by atoms with E-state index in [1.807, 2.05) is 23.6 Å². The number of halogens is 1. The molecule has 0 unspecified atom stereocenters. The van der Waals surface area contributed by atoms with Crippen LogP contribution in [-0.2, 0) is 0 Å². The SMILES string of the molecule is O=C(Nc1ccc2sccc2c1)c1c(O)cccc1F. The highest BCUT2D eigenvalue weighted by atomic mass is 32.1. The average molecular weight is 287 g/mol. The van der Waals surface area contributed by atoms with E-state index in [1.54, 1.807) is 17.4 Å². The lowest BCUT2D eigenvalue weighted by atomic mass is 10.1. The molecular formula is C15H10FNO2S. The molecule has 3 aromatic rings. The Hall–Kier alpha value is -2.40. The number of thiophene rings is 1. The summed E-state index contributed by atoms with van der Waals surface area (Å²) >= 11 is 1.60. The fraction of sp³-hybridized carbons (Fsp3) is 0. The van der Waals surface area contributed by atoms with Crippen molar-refractivity contribution in [2.75, 3.05) is 5.32 Å². The number of nitrogens with one attached hydrogen (secondary N) is 1. The van der Waals surface area contributed by atoms with E-state index in [-0.39, 0.29) is 11.3 Å². The second-order valence-corrected chi connectivity index (χ2v) is 5.21. The molecule has 3 rings (SSSR count). The number of rotatable bonds is 2. The first kappa shape index (κ1) is 12.6. The van der Waals surface area contributed by atoms with Crippen molar-refractivity contribution in [1.29, 1.82) is 0 Å². The largest absolute Gasteiger partial charge is 0.507 e. The van der Waals surface area contributed by atoms with Crippen molar-refractivity contribution >= 4 is 33.0 Å². The Bertz CT molecular complexity index is 777. The number of phenols is 1. The predicted molar refractivity (Wildman–Crippen MR) is 77.8 cm³/mol. The summed E-state index contributed by atoms with van der Waals surface area (Å²) in [6, 6.07) is 11.1. The van der Waals surface area contributed by atoms with Crippen LogP contribution >= 0.6 is 11.3 Å². The number of hydrogen-bond acceptors (Lipinski definition) is 3. The van der Waals surface area contributed by atoms with E-state index in [1.165, 1.54) is 12.1 Å². The lowest BCUT2D eigenvalue weighted by Crippen LogP contribution is -2.13. The fourth-order valence-electron chi connectivity index (χ4n) is 1.98. The number of phenolic OH excluding ortho intramolecular Hbond substituents is 1. The highest BCUT2D eigenvalue weighted by Gasteiger charge is 2.16. The van der Waals surface area contributed by atoms with Crippen molar-refractivity contribution in [2.45, 2.75) is 0 Å². The van der Waals surface area contributed by atoms with Crippen LogP contribution in [0.3, 0.4) is 0 Å². The maximum absolute atomic E-state index is 13.6. The van der Waals surface area contributed by atoms with Gasteiger partial charge in [-0.1, -0.05) is 6.07 Å². The molecule has 100 valence electrons. The van der Waals surface area contributed by atoms with Crippen molar-refractivity contribution in [3.63, 3.8) is 0 Å². The van der Waals surface area contributed by atoms with E-state index in [2.05, 4.69) is 5.32 Å². The maximum atomic E-state index is 13.6. The van der Waals surface area contributed by atoms with Crippen molar-refractivity contribution in [2.24, 2.45) is 0 Å². The van der Waals surface area contributed by atoms with Gasteiger partial charge < -0.3 is 10.4 Å². The number of hydrogen-bond donors (Lipinski definition) is 2. The van der Waals surface area contributed by atoms with E-state index in [0.29, 0.717) is 5.69 Å². The highest BCUT2D eigenvalue weighted by molar-refractivity contribution is 7.17. The number of carbonyl (C=O) groups excluding carboxylic acids is 1. The molecule has 0 fully saturated rings. The Morgan fingerprint density at radius 2 is 2.05 bits per heavy atom. The van der Waals surface area contributed by atoms with Gasteiger partial charge >= 0.3 is 0 Å². The zero-order chi connectivity index (χ0) is 14.1. The highest BCUT2D eigenvalue weighted by Crippen LogP contribution is 2.25. The van der Waals surface area contributed by atoms with E-state index in [4.69, 9.17) is 0 Å². The van der Waals surface area contributed by atoms with Gasteiger partial charge in [-0.2, -0.15) is 0 Å². The summed E-state index contributed by atoms with van der Waals surface area (Å²) < 4.78 is 14.7. The monoisotopic (exact) mass is 287 g/mol. The molecule has 0 aliphatic carbocycles. The Morgan fingerprint density at radius 3 is 2.85 bits per heavy atom. The zero-order valence-corrected chi connectivity index (χ0v) is 11.1. The summed E-state index contributed by atoms with van der Waals surface area (Å²) in [7, 11) is 0. The molecule has 1 amide bonds. The summed E-state index contributed by atoms with van der Waals surface area (Å²) in [6.07, 6.45) is 0. The van der Waals surface area contributed by atoms with Gasteiger partial charge in [0.1, 0.15) is 17.1 Å². The van der Waals surface area contributed by atoms with Gasteiger partial charge in [-0.3, -0.25) is 4.79 Å². The van der Waals surface area contributed by atoms with Gasteiger partial charge in [-0.05, 0) is 47.2 Å². The third-order valence-electron chi connectivity index (χ3n) is 2.93. The zero-order valence-electron chi connectivity index (χ0n) is 10.3. The Balaban J connectivity index is 1.92. The molecule has 1 heterocycles. The topological polar surface area (TPSA) is 49.3 Å². The van der Waals surface area contributed by atoms with Gasteiger partial charge in [0, 0.05) is 10.4 Å². The second kappa shape index (κ2) is 4.94. The van der Waals surface area contributed by atoms with Crippen molar-refractivity contribution in [1.82, 2.24) is 0 Å². The first-order valence-electron chi connectivity index (χ1n) is 5.91. The summed E-state index contributed by atoms with van der Waals surface area (Å²) in [5.41, 5.74) is 0.210. The maximum Gasteiger partial charge on any atom is 0.262 e. The van der Waals surface area contributed by atoms with Crippen LogP contribution in [0.25, 0.3) is 10.1 Å². The van der Waals surface area contributed by atoms with Crippen LogP contribution in [0.1, 0.15) is 10.4 Å². The molecule has 0 radical (unpaired) electrons. The molecule has 0 spiro atoms. The minimum absolute atomic E-state index is 0.349. The lowest BCUT2D eigenvalue weighted by Gasteiger charge is -2.07. The van der Waals surface area contributed by atoms with Gasteiger partial charge in [0.15, 0.2) is 0 Å². The number of aromatic hydroxyl groups is 1. The molecule has 2 aromatic carbocycles. The number of carbonyl (C=O) groups is 1. The average Bonchev–Trinajstić information content (AvgIpc) is 2.85. The van der Waals surface area contributed by atoms with Crippen molar-refractivity contribution in [3.8, 4) is 5.75 Å². The molecule has 3 nitrogen and oxygen atoms in total. The number of amides is 1. The van der Waals surface area contributed by atoms with E-state index in [9.17, 15) is 14.3 Å². The Labute approximate surface area is 118 Å². The molecule has 0 saturated carbocycles. The summed E-state index contributed by atoms with van der Waals surface area (Å²) in [5, 5.41) is 15.1. The number of benzene rings is 2. The second-order valence-electron chi connectivity index (χ2n) is 4.26. The van der Waals surface area contributed by atoms with E-state index < -0.39 is 11.7 Å². The van der Waals surface area contributed by atoms with Gasteiger partial charge in [-0.25, -0.2) is 4.39 Å². The minimum Gasteiger partial charge on any atom is -0.507 e. The van der Waals surface area contributed by atoms with E-state index in [0.717, 1.165) is 16.2 Å². The normalized spacial score (nSPS) is 10.7. The first-order chi connectivity index (χ1) is 9.65. The molecule has 0 saturated heterocycles. The lowest BCUT2D eigenvalue weighted by molar-refractivity contribution is 0.102. The quantitative estimate of drug-likeness (QED) is 0.748. The molecule has 1 aromatic heterocycles. The van der Waals surface area contributed by atoms with Gasteiger partial charge in [0.25, 0.3) is 5.91 Å². The van der Waals surface area contributed by atoms with Crippen LogP contribution in [0.2, 0.25) is 0 Å². The van der Waals surface area contributed by atoms with Crippen molar-refractivity contribution < 1.29 is 14.3 Å². The van der Waals surface area contributed by atoms with Crippen LogP contribution < -0.4 is 5.32 Å².